The van der Waals surface area contributed by atoms with Crippen LogP contribution in [0.25, 0.3) is 0 Å². The second kappa shape index (κ2) is 5.33. The molecule has 1 aromatic carbocycles. The van der Waals surface area contributed by atoms with Crippen molar-refractivity contribution < 1.29 is 9.53 Å². The summed E-state index contributed by atoms with van der Waals surface area (Å²) < 4.78 is 5.34. The Morgan fingerprint density at radius 2 is 1.67 bits per heavy atom. The molecule has 0 unspecified atom stereocenters. The van der Waals surface area contributed by atoms with E-state index in [9.17, 15) is 4.79 Å². The largest absolute Gasteiger partial charge is 0.458 e. The van der Waals surface area contributed by atoms with Gasteiger partial charge in [0.15, 0.2) is 0 Å². The molecule has 0 aliphatic heterocycles. The topological polar surface area (TPSA) is 52.3 Å². The minimum absolute atomic E-state index is 0.410. The van der Waals surface area contributed by atoms with E-state index in [0.29, 0.717) is 0 Å². The van der Waals surface area contributed by atoms with Gasteiger partial charge in [-0.1, -0.05) is 12.1 Å². The highest BCUT2D eigenvalue weighted by Crippen LogP contribution is 2.24. The Bertz CT molecular complexity index is 418. The molecule has 0 fully saturated rings. The van der Waals surface area contributed by atoms with Gasteiger partial charge in [0.25, 0.3) is 0 Å². The molecule has 0 aromatic heterocycles. The molecule has 0 heterocycles. The van der Waals surface area contributed by atoms with Gasteiger partial charge in [-0.15, -0.1) is 11.8 Å². The van der Waals surface area contributed by atoms with Crippen LogP contribution in [0.5, 0.6) is 0 Å². The summed E-state index contributed by atoms with van der Waals surface area (Å²) in [6.45, 7) is 7.17. The van der Waals surface area contributed by atoms with E-state index in [-0.39, 0.29) is 0 Å². The average molecular weight is 267 g/mol. The lowest BCUT2D eigenvalue weighted by molar-refractivity contribution is -0.161. The maximum atomic E-state index is 12.1. The molecule has 4 heteroatoms. The van der Waals surface area contributed by atoms with Crippen molar-refractivity contribution in [1.82, 2.24) is 0 Å². The number of rotatable bonds is 3. The first-order valence-electron chi connectivity index (χ1n) is 5.83. The lowest BCUT2D eigenvalue weighted by Gasteiger charge is -2.28. The molecule has 0 saturated heterocycles. The Kier molecular flexibility index (Phi) is 4.46. The van der Waals surface area contributed by atoms with E-state index in [1.54, 1.807) is 18.7 Å². The van der Waals surface area contributed by atoms with Crippen LogP contribution in [0.15, 0.2) is 29.2 Å². The summed E-state index contributed by atoms with van der Waals surface area (Å²) in [5.74, 6) is -0.410. The summed E-state index contributed by atoms with van der Waals surface area (Å²) in [5, 5.41) is 0. The smallest absolute Gasteiger partial charge is 0.331 e. The third-order valence-corrected chi connectivity index (χ3v) is 3.26. The molecule has 0 radical (unpaired) electrons. The summed E-state index contributed by atoms with van der Waals surface area (Å²) in [4.78, 5) is 13.2. The average Bonchev–Trinajstić information content (AvgIpc) is 2.27. The Hall–Kier alpha value is -1.00. The van der Waals surface area contributed by atoms with Crippen LogP contribution in [0.1, 0.15) is 33.3 Å². The van der Waals surface area contributed by atoms with E-state index in [1.165, 1.54) is 0 Å². The van der Waals surface area contributed by atoms with Crippen LogP contribution in [0, 0.1) is 0 Å². The van der Waals surface area contributed by atoms with Gasteiger partial charge in [-0.2, -0.15) is 0 Å². The highest BCUT2D eigenvalue weighted by molar-refractivity contribution is 7.98. The van der Waals surface area contributed by atoms with E-state index < -0.39 is 17.1 Å². The molecule has 0 spiro atoms. The van der Waals surface area contributed by atoms with Gasteiger partial charge < -0.3 is 10.5 Å². The van der Waals surface area contributed by atoms with E-state index in [2.05, 4.69) is 0 Å². The van der Waals surface area contributed by atoms with Gasteiger partial charge in [0.05, 0.1) is 0 Å². The molecular weight excluding hydrogens is 246 g/mol. The quantitative estimate of drug-likeness (QED) is 0.676. The lowest BCUT2D eigenvalue weighted by atomic mass is 9.93. The van der Waals surface area contributed by atoms with E-state index >= 15 is 0 Å². The summed E-state index contributed by atoms with van der Waals surface area (Å²) in [7, 11) is 0. The number of hydrogen-bond acceptors (Lipinski definition) is 4. The fourth-order valence-corrected chi connectivity index (χ4v) is 1.85. The van der Waals surface area contributed by atoms with Gasteiger partial charge in [-0.3, -0.25) is 0 Å². The lowest BCUT2D eigenvalue weighted by Crippen LogP contribution is -2.45. The fraction of sp³-hybridized carbons (Fsp3) is 0.500. The first kappa shape index (κ1) is 15.1. The molecular formula is C14H21NO2S. The van der Waals surface area contributed by atoms with Crippen LogP contribution in [-0.2, 0) is 15.1 Å². The molecule has 1 atom stereocenters. The van der Waals surface area contributed by atoms with Crippen LogP contribution in [0.3, 0.4) is 0 Å². The number of nitrogens with two attached hydrogens (primary N) is 1. The highest BCUT2D eigenvalue weighted by Gasteiger charge is 2.34. The number of esters is 1. The van der Waals surface area contributed by atoms with E-state index in [1.807, 2.05) is 51.3 Å². The van der Waals surface area contributed by atoms with Crippen LogP contribution < -0.4 is 5.73 Å². The molecule has 100 valence electrons. The molecule has 1 aromatic rings. The van der Waals surface area contributed by atoms with Gasteiger partial charge in [0, 0.05) is 4.90 Å². The van der Waals surface area contributed by atoms with Crippen molar-refractivity contribution in [2.75, 3.05) is 6.26 Å². The standard InChI is InChI=1S/C14H21NO2S/c1-13(2,3)17-12(16)14(4,15)10-6-8-11(18-5)9-7-10/h6-9H,15H2,1-5H3/t14-/m0/s1. The van der Waals surface area contributed by atoms with Crippen LogP contribution in [-0.4, -0.2) is 17.8 Å². The van der Waals surface area contributed by atoms with Crippen molar-refractivity contribution in [2.45, 2.75) is 43.7 Å². The summed E-state index contributed by atoms with van der Waals surface area (Å²) in [6, 6.07) is 7.65. The Labute approximate surface area is 113 Å². The minimum atomic E-state index is -1.12. The molecule has 0 aliphatic rings. The van der Waals surface area contributed by atoms with Gasteiger partial charge in [-0.05, 0) is 51.6 Å². The van der Waals surface area contributed by atoms with Crippen molar-refractivity contribution in [3.63, 3.8) is 0 Å². The van der Waals surface area contributed by atoms with Crippen molar-refractivity contribution in [2.24, 2.45) is 5.73 Å². The van der Waals surface area contributed by atoms with Gasteiger partial charge in [-0.25, -0.2) is 4.79 Å². The normalized spacial score (nSPS) is 15.0. The van der Waals surface area contributed by atoms with Gasteiger partial charge >= 0.3 is 5.97 Å². The van der Waals surface area contributed by atoms with E-state index in [4.69, 9.17) is 10.5 Å². The van der Waals surface area contributed by atoms with Crippen molar-refractivity contribution >= 4 is 17.7 Å². The first-order chi connectivity index (χ1) is 8.16. The molecule has 0 bridgehead atoms. The predicted octanol–water partition coefficient (Wildman–Crippen LogP) is 2.92. The van der Waals surface area contributed by atoms with Crippen LogP contribution >= 0.6 is 11.8 Å². The maximum absolute atomic E-state index is 12.1. The van der Waals surface area contributed by atoms with Crippen molar-refractivity contribution in [3.05, 3.63) is 29.8 Å². The predicted molar refractivity (Wildman–Crippen MR) is 75.6 cm³/mol. The monoisotopic (exact) mass is 267 g/mol. The third kappa shape index (κ3) is 3.75. The zero-order valence-electron chi connectivity index (χ0n) is 11.6. The van der Waals surface area contributed by atoms with Crippen molar-refractivity contribution in [1.29, 1.82) is 0 Å². The maximum Gasteiger partial charge on any atom is 0.331 e. The Morgan fingerprint density at radius 3 is 2.06 bits per heavy atom. The molecule has 18 heavy (non-hydrogen) atoms. The SMILES string of the molecule is CSc1ccc([C@](C)(N)C(=O)OC(C)(C)C)cc1. The number of ether oxygens (including phenoxy) is 1. The Morgan fingerprint density at radius 1 is 1.17 bits per heavy atom. The second-order valence-corrected chi connectivity index (χ2v) is 6.31. The summed E-state index contributed by atoms with van der Waals surface area (Å²) in [6.07, 6.45) is 2.00. The van der Waals surface area contributed by atoms with Crippen LogP contribution in [0.4, 0.5) is 0 Å². The molecule has 0 aliphatic carbocycles. The molecule has 3 nitrogen and oxygen atoms in total. The number of carbonyl (C=O) groups excluding carboxylic acids is 1. The Balaban J connectivity index is 2.94. The first-order valence-corrected chi connectivity index (χ1v) is 7.06. The highest BCUT2D eigenvalue weighted by atomic mass is 32.2. The molecule has 0 saturated carbocycles. The van der Waals surface area contributed by atoms with Crippen LogP contribution in [0.2, 0.25) is 0 Å². The van der Waals surface area contributed by atoms with Gasteiger partial charge in [0.1, 0.15) is 11.1 Å². The zero-order chi connectivity index (χ0) is 14.0. The third-order valence-electron chi connectivity index (χ3n) is 2.51. The molecule has 2 N–H and O–H groups in total. The second-order valence-electron chi connectivity index (χ2n) is 5.43. The molecule has 0 amide bonds. The van der Waals surface area contributed by atoms with Crippen molar-refractivity contribution in [3.8, 4) is 0 Å². The van der Waals surface area contributed by atoms with E-state index in [0.717, 1.165) is 10.5 Å². The minimum Gasteiger partial charge on any atom is -0.458 e. The molecule has 1 rings (SSSR count). The number of benzene rings is 1. The summed E-state index contributed by atoms with van der Waals surface area (Å²) >= 11 is 1.65. The zero-order valence-corrected chi connectivity index (χ0v) is 12.4. The number of thioether (sulfide) groups is 1. The number of hydrogen-bond donors (Lipinski definition) is 1. The fourth-order valence-electron chi connectivity index (χ4n) is 1.44. The van der Waals surface area contributed by atoms with Gasteiger partial charge in [0.2, 0.25) is 0 Å². The number of carbonyl (C=O) groups is 1. The summed E-state index contributed by atoms with van der Waals surface area (Å²) in [5.41, 5.74) is 5.21.